The van der Waals surface area contributed by atoms with Crippen molar-refractivity contribution < 1.29 is 0 Å². The van der Waals surface area contributed by atoms with Gasteiger partial charge < -0.3 is 0 Å². The Labute approximate surface area is 84.2 Å². The van der Waals surface area contributed by atoms with Gasteiger partial charge in [0.15, 0.2) is 0 Å². The van der Waals surface area contributed by atoms with Gasteiger partial charge in [-0.3, -0.25) is 0 Å². The molecule has 1 aliphatic carbocycles. The predicted octanol–water partition coefficient (Wildman–Crippen LogP) is 4.37. The first-order valence-corrected chi connectivity index (χ1v) is 7.69. The highest BCUT2D eigenvalue weighted by molar-refractivity contribution is 7.61. The van der Waals surface area contributed by atoms with E-state index in [-0.39, 0.29) is 0 Å². The summed E-state index contributed by atoms with van der Waals surface area (Å²) in [5, 5.41) is 0. The summed E-state index contributed by atoms with van der Waals surface area (Å²) in [5.74, 6) is 0. The molecule has 2 rings (SSSR count). The van der Waals surface area contributed by atoms with Gasteiger partial charge in [0.1, 0.15) is 0 Å². The van der Waals surface area contributed by atoms with E-state index in [2.05, 4.69) is 13.8 Å². The number of hydrogen-bond acceptors (Lipinski definition) is 0. The van der Waals surface area contributed by atoms with E-state index in [1.54, 1.807) is 19.3 Å². The fraction of sp³-hybridized carbons (Fsp3) is 1.00. The molecule has 2 fully saturated rings. The summed E-state index contributed by atoms with van der Waals surface area (Å²) in [6.07, 6.45) is 10.8. The van der Waals surface area contributed by atoms with Crippen molar-refractivity contribution in [3.05, 3.63) is 0 Å². The minimum Gasteiger partial charge on any atom is -0.0971 e. The van der Waals surface area contributed by atoms with E-state index in [0.717, 1.165) is 0 Å². The predicted molar refractivity (Wildman–Crippen MR) is 62.0 cm³/mol. The third-order valence-electron chi connectivity index (χ3n) is 4.08. The van der Waals surface area contributed by atoms with Crippen LogP contribution in [0.2, 0.25) is 0 Å². The van der Waals surface area contributed by atoms with Crippen molar-refractivity contribution in [2.75, 3.05) is 0 Å². The maximum atomic E-state index is 2.40. The average molecular weight is 198 g/mol. The van der Waals surface area contributed by atoms with Gasteiger partial charge in [0.2, 0.25) is 0 Å². The molecule has 1 heteroatoms. The highest BCUT2D eigenvalue weighted by Gasteiger charge is 2.42. The lowest BCUT2D eigenvalue weighted by atomic mass is 10.1. The smallest absolute Gasteiger partial charge is 0.0201 e. The van der Waals surface area contributed by atoms with Crippen LogP contribution in [-0.2, 0) is 0 Å². The standard InChI is InChI=1S/C12H23P/c1-3-10-9-11(4-2)13(10)12-7-5-6-8-12/h10-12H,3-9H2,1-2H3/t10-,11?,13?/m1/s1. The van der Waals surface area contributed by atoms with Crippen LogP contribution in [0.15, 0.2) is 0 Å². The Bertz CT molecular complexity index is 151. The van der Waals surface area contributed by atoms with Crippen LogP contribution in [-0.4, -0.2) is 17.0 Å². The van der Waals surface area contributed by atoms with Gasteiger partial charge >= 0.3 is 0 Å². The zero-order valence-corrected chi connectivity index (χ0v) is 10.0. The second-order valence-corrected chi connectivity index (χ2v) is 7.83. The molecule has 76 valence electrons. The average Bonchev–Trinajstić information content (AvgIpc) is 2.57. The molecular formula is C12H23P. The molecule has 0 N–H and O–H groups in total. The maximum absolute atomic E-state index is 2.40. The third kappa shape index (κ3) is 1.80. The first-order valence-electron chi connectivity index (χ1n) is 6.14. The Morgan fingerprint density at radius 3 is 2.00 bits per heavy atom. The first-order chi connectivity index (χ1) is 6.36. The van der Waals surface area contributed by atoms with E-state index >= 15 is 0 Å². The quantitative estimate of drug-likeness (QED) is 0.591. The Kier molecular flexibility index (Phi) is 3.30. The van der Waals surface area contributed by atoms with Crippen LogP contribution >= 0.6 is 7.92 Å². The molecule has 0 aromatic heterocycles. The normalized spacial score (nSPS) is 40.6. The first kappa shape index (κ1) is 9.97. The summed E-state index contributed by atoms with van der Waals surface area (Å²) in [7, 11) is 0.474. The minimum absolute atomic E-state index is 0.474. The lowest BCUT2D eigenvalue weighted by molar-refractivity contribution is 0.587. The molecule has 0 radical (unpaired) electrons. The van der Waals surface area contributed by atoms with Crippen molar-refractivity contribution in [1.29, 1.82) is 0 Å². The Hall–Kier alpha value is 0.430. The second-order valence-electron chi connectivity index (χ2n) is 4.75. The molecule has 3 atom stereocenters. The van der Waals surface area contributed by atoms with Crippen LogP contribution in [0, 0.1) is 0 Å². The van der Waals surface area contributed by atoms with Crippen molar-refractivity contribution in [3.8, 4) is 0 Å². The van der Waals surface area contributed by atoms with Crippen LogP contribution in [0.1, 0.15) is 58.8 Å². The van der Waals surface area contributed by atoms with Crippen molar-refractivity contribution in [1.82, 2.24) is 0 Å². The van der Waals surface area contributed by atoms with E-state index in [1.165, 1.54) is 42.7 Å². The molecule has 2 aliphatic rings. The molecule has 1 heterocycles. The molecule has 1 aliphatic heterocycles. The fourth-order valence-corrected chi connectivity index (χ4v) is 7.47. The molecule has 2 unspecified atom stereocenters. The molecular weight excluding hydrogens is 175 g/mol. The topological polar surface area (TPSA) is 0 Å². The van der Waals surface area contributed by atoms with E-state index in [9.17, 15) is 0 Å². The SMILES string of the molecule is CCC1C[C@@H](CC)P1C1CCCC1. The van der Waals surface area contributed by atoms with E-state index in [0.29, 0.717) is 7.92 Å². The summed E-state index contributed by atoms with van der Waals surface area (Å²) >= 11 is 0. The van der Waals surface area contributed by atoms with Gasteiger partial charge in [-0.25, -0.2) is 0 Å². The Morgan fingerprint density at radius 2 is 1.54 bits per heavy atom. The van der Waals surface area contributed by atoms with Gasteiger partial charge in [0.05, 0.1) is 0 Å². The highest BCUT2D eigenvalue weighted by atomic mass is 31.1. The molecule has 0 nitrogen and oxygen atoms in total. The van der Waals surface area contributed by atoms with Crippen molar-refractivity contribution in [2.45, 2.75) is 75.8 Å². The molecule has 0 aromatic carbocycles. The molecule has 0 spiro atoms. The second kappa shape index (κ2) is 4.30. The summed E-state index contributed by atoms with van der Waals surface area (Å²) in [5.41, 5.74) is 3.53. The van der Waals surface area contributed by atoms with E-state index < -0.39 is 0 Å². The molecule has 0 amide bonds. The van der Waals surface area contributed by atoms with Gasteiger partial charge in [0, 0.05) is 0 Å². The number of hydrogen-bond donors (Lipinski definition) is 0. The van der Waals surface area contributed by atoms with Crippen LogP contribution in [0.4, 0.5) is 0 Å². The summed E-state index contributed by atoms with van der Waals surface area (Å²) in [6.45, 7) is 4.81. The Balaban J connectivity index is 1.92. The van der Waals surface area contributed by atoms with Gasteiger partial charge in [-0.1, -0.05) is 34.6 Å². The summed E-state index contributed by atoms with van der Waals surface area (Å²) in [4.78, 5) is 0. The van der Waals surface area contributed by atoms with Gasteiger partial charge in [-0.2, -0.15) is 0 Å². The fourth-order valence-electron chi connectivity index (χ4n) is 3.27. The lowest BCUT2D eigenvalue weighted by Gasteiger charge is -2.48. The lowest BCUT2D eigenvalue weighted by Crippen LogP contribution is -2.33. The van der Waals surface area contributed by atoms with Crippen molar-refractivity contribution in [3.63, 3.8) is 0 Å². The van der Waals surface area contributed by atoms with Crippen molar-refractivity contribution in [2.24, 2.45) is 0 Å². The minimum atomic E-state index is 0.474. The van der Waals surface area contributed by atoms with Crippen LogP contribution in [0.5, 0.6) is 0 Å². The zero-order valence-electron chi connectivity index (χ0n) is 9.13. The van der Waals surface area contributed by atoms with Crippen LogP contribution in [0.25, 0.3) is 0 Å². The van der Waals surface area contributed by atoms with Gasteiger partial charge in [-0.15, -0.1) is 0 Å². The molecule has 0 bridgehead atoms. The maximum Gasteiger partial charge on any atom is -0.0201 e. The Morgan fingerprint density at radius 1 is 1.00 bits per heavy atom. The number of rotatable bonds is 3. The molecule has 1 saturated heterocycles. The van der Waals surface area contributed by atoms with Crippen LogP contribution < -0.4 is 0 Å². The highest BCUT2D eigenvalue weighted by Crippen LogP contribution is 2.67. The van der Waals surface area contributed by atoms with Gasteiger partial charge in [-0.05, 0) is 49.1 Å². The van der Waals surface area contributed by atoms with E-state index in [1.807, 2.05) is 0 Å². The zero-order chi connectivity index (χ0) is 9.26. The molecule has 1 saturated carbocycles. The third-order valence-corrected chi connectivity index (χ3v) is 8.27. The molecule has 0 aromatic rings. The van der Waals surface area contributed by atoms with E-state index in [4.69, 9.17) is 0 Å². The molecule has 13 heavy (non-hydrogen) atoms. The largest absolute Gasteiger partial charge is 0.0971 e. The van der Waals surface area contributed by atoms with Gasteiger partial charge in [0.25, 0.3) is 0 Å². The monoisotopic (exact) mass is 198 g/mol. The van der Waals surface area contributed by atoms with Crippen LogP contribution in [0.3, 0.4) is 0 Å². The van der Waals surface area contributed by atoms with Crippen molar-refractivity contribution >= 4 is 7.92 Å². The summed E-state index contributed by atoms with van der Waals surface area (Å²) in [6, 6.07) is 0. The summed E-state index contributed by atoms with van der Waals surface area (Å²) < 4.78 is 0.